The Morgan fingerprint density at radius 2 is 2.36 bits per heavy atom. The molecule has 1 aromatic heterocycles. The molecule has 3 unspecified atom stereocenters. The van der Waals surface area contributed by atoms with E-state index in [0.29, 0.717) is 12.0 Å². The van der Waals surface area contributed by atoms with E-state index in [1.54, 1.807) is 0 Å². The molecular weight excluding hydrogens is 310 g/mol. The first kappa shape index (κ1) is 17.7. The second-order valence-electron chi connectivity index (χ2n) is 6.12. The summed E-state index contributed by atoms with van der Waals surface area (Å²) in [5, 5.41) is 9.98. The fraction of sp³-hybridized carbons (Fsp3) is 0.706. The molecule has 0 amide bonds. The largest absolute Gasteiger partial charge is 0.357 e. The van der Waals surface area contributed by atoms with Crippen LogP contribution in [-0.4, -0.2) is 36.6 Å². The van der Waals surface area contributed by atoms with Gasteiger partial charge in [0.05, 0.1) is 0 Å². The van der Waals surface area contributed by atoms with Crippen molar-refractivity contribution in [3.63, 3.8) is 0 Å². The summed E-state index contributed by atoms with van der Waals surface area (Å²) in [7, 11) is 0. The van der Waals surface area contributed by atoms with Gasteiger partial charge in [-0.25, -0.2) is 0 Å². The van der Waals surface area contributed by atoms with Crippen molar-refractivity contribution in [1.82, 2.24) is 10.6 Å². The van der Waals surface area contributed by atoms with Gasteiger partial charge in [0.1, 0.15) is 0 Å². The number of aliphatic imine (C=N–C) groups is 1. The van der Waals surface area contributed by atoms with Crippen molar-refractivity contribution in [2.24, 2.45) is 10.9 Å². The number of hydrogen-bond acceptors (Lipinski definition) is 3. The van der Waals surface area contributed by atoms with E-state index in [4.69, 9.17) is 4.99 Å². The van der Waals surface area contributed by atoms with E-state index < -0.39 is 0 Å². The van der Waals surface area contributed by atoms with Crippen LogP contribution in [0.4, 0.5) is 0 Å². The Morgan fingerprint density at radius 1 is 1.50 bits per heavy atom. The van der Waals surface area contributed by atoms with Gasteiger partial charge in [-0.15, -0.1) is 11.3 Å². The molecule has 0 aromatic carbocycles. The first-order valence-corrected chi connectivity index (χ1v) is 10.5. The van der Waals surface area contributed by atoms with E-state index in [2.05, 4.69) is 48.2 Å². The lowest BCUT2D eigenvalue weighted by atomic mass is 10.1. The van der Waals surface area contributed by atoms with Crippen LogP contribution in [0, 0.1) is 5.92 Å². The first-order valence-electron chi connectivity index (χ1n) is 8.31. The van der Waals surface area contributed by atoms with Gasteiger partial charge in [-0.3, -0.25) is 4.99 Å². The van der Waals surface area contributed by atoms with Crippen LogP contribution in [0.25, 0.3) is 0 Å². The van der Waals surface area contributed by atoms with Crippen LogP contribution < -0.4 is 10.6 Å². The average molecular weight is 340 g/mol. The molecule has 22 heavy (non-hydrogen) atoms. The normalized spacial score (nSPS) is 23.5. The molecule has 2 N–H and O–H groups in total. The third-order valence-corrected chi connectivity index (χ3v) is 6.09. The molecule has 0 aliphatic heterocycles. The van der Waals surface area contributed by atoms with Crippen LogP contribution in [0.2, 0.25) is 0 Å². The molecular formula is C17H29N3S2. The minimum Gasteiger partial charge on any atom is -0.357 e. The molecule has 0 spiro atoms. The zero-order valence-corrected chi connectivity index (χ0v) is 15.6. The summed E-state index contributed by atoms with van der Waals surface area (Å²) in [6.07, 6.45) is 7.20. The second-order valence-corrected chi connectivity index (χ2v) is 8.29. The van der Waals surface area contributed by atoms with Gasteiger partial charge >= 0.3 is 0 Å². The second kappa shape index (κ2) is 9.46. The molecule has 124 valence electrons. The fourth-order valence-corrected chi connectivity index (χ4v) is 4.55. The van der Waals surface area contributed by atoms with Crippen LogP contribution in [0.15, 0.2) is 22.5 Å². The minimum absolute atomic E-state index is 0.580. The minimum atomic E-state index is 0.580. The van der Waals surface area contributed by atoms with Gasteiger partial charge in [0, 0.05) is 29.3 Å². The molecule has 0 saturated heterocycles. The first-order chi connectivity index (χ1) is 10.7. The summed E-state index contributed by atoms with van der Waals surface area (Å²) in [4.78, 5) is 6.26. The number of nitrogens with one attached hydrogen (secondary N) is 2. The Hall–Kier alpha value is -0.680. The van der Waals surface area contributed by atoms with Gasteiger partial charge in [0.15, 0.2) is 5.96 Å². The van der Waals surface area contributed by atoms with Crippen LogP contribution in [0.5, 0.6) is 0 Å². The Balaban J connectivity index is 1.81. The fourth-order valence-electron chi connectivity index (χ4n) is 2.88. The van der Waals surface area contributed by atoms with Gasteiger partial charge < -0.3 is 10.6 Å². The summed E-state index contributed by atoms with van der Waals surface area (Å²) in [5.74, 6) is 1.57. The Labute approximate surface area is 143 Å². The number of nitrogens with zero attached hydrogens (tertiary/aromatic N) is 1. The summed E-state index contributed by atoms with van der Waals surface area (Å²) < 4.78 is 0. The molecule has 1 aromatic rings. The SMILES string of the molecule is CCNC(=NCC(C)Cc1cccs1)NC1CCC(SC)C1. The third-order valence-electron chi connectivity index (χ3n) is 4.09. The van der Waals surface area contributed by atoms with Crippen molar-refractivity contribution in [2.45, 2.75) is 50.8 Å². The average Bonchev–Trinajstić information content (AvgIpc) is 3.16. The molecule has 2 rings (SSSR count). The monoisotopic (exact) mass is 339 g/mol. The lowest BCUT2D eigenvalue weighted by Gasteiger charge is -2.18. The maximum atomic E-state index is 4.80. The van der Waals surface area contributed by atoms with E-state index in [-0.39, 0.29) is 0 Å². The van der Waals surface area contributed by atoms with E-state index in [1.807, 2.05) is 23.1 Å². The van der Waals surface area contributed by atoms with E-state index in [1.165, 1.54) is 24.1 Å². The van der Waals surface area contributed by atoms with Crippen molar-refractivity contribution in [1.29, 1.82) is 0 Å². The molecule has 1 aliphatic rings. The molecule has 3 nitrogen and oxygen atoms in total. The lowest BCUT2D eigenvalue weighted by Crippen LogP contribution is -2.42. The lowest BCUT2D eigenvalue weighted by molar-refractivity contribution is 0.581. The van der Waals surface area contributed by atoms with Crippen molar-refractivity contribution < 1.29 is 0 Å². The Bertz CT molecular complexity index is 445. The molecule has 5 heteroatoms. The standard InChI is InChI=1S/C17H29N3S2/c1-4-18-17(20-14-7-8-15(11-14)21-3)19-12-13(2)10-16-6-5-9-22-16/h5-6,9,13-15H,4,7-8,10-12H2,1-3H3,(H2,18,19,20). The maximum absolute atomic E-state index is 4.80. The van der Waals surface area contributed by atoms with Crippen molar-refractivity contribution >= 4 is 29.1 Å². The number of rotatable bonds is 7. The van der Waals surface area contributed by atoms with Crippen LogP contribution >= 0.6 is 23.1 Å². The summed E-state index contributed by atoms with van der Waals surface area (Å²) in [5.41, 5.74) is 0. The van der Waals surface area contributed by atoms with Crippen molar-refractivity contribution in [3.8, 4) is 0 Å². The van der Waals surface area contributed by atoms with Crippen LogP contribution in [0.3, 0.4) is 0 Å². The number of guanidine groups is 1. The van der Waals surface area contributed by atoms with E-state index in [9.17, 15) is 0 Å². The van der Waals surface area contributed by atoms with Gasteiger partial charge in [0.25, 0.3) is 0 Å². The topological polar surface area (TPSA) is 36.4 Å². The molecule has 1 aliphatic carbocycles. The van der Waals surface area contributed by atoms with Crippen molar-refractivity contribution in [2.75, 3.05) is 19.3 Å². The van der Waals surface area contributed by atoms with Crippen LogP contribution in [0.1, 0.15) is 38.0 Å². The summed E-state index contributed by atoms with van der Waals surface area (Å²) in [6, 6.07) is 4.93. The predicted octanol–water partition coefficient (Wildman–Crippen LogP) is 3.77. The number of hydrogen-bond donors (Lipinski definition) is 2. The molecule has 1 heterocycles. The smallest absolute Gasteiger partial charge is 0.191 e. The zero-order valence-electron chi connectivity index (χ0n) is 14.0. The van der Waals surface area contributed by atoms with Crippen molar-refractivity contribution in [3.05, 3.63) is 22.4 Å². The number of thioether (sulfide) groups is 1. The molecule has 3 atom stereocenters. The highest BCUT2D eigenvalue weighted by Crippen LogP contribution is 2.28. The third kappa shape index (κ3) is 5.84. The molecule has 1 saturated carbocycles. The van der Waals surface area contributed by atoms with Crippen LogP contribution in [-0.2, 0) is 6.42 Å². The Kier molecular flexibility index (Phi) is 7.60. The quantitative estimate of drug-likeness (QED) is 0.586. The summed E-state index contributed by atoms with van der Waals surface area (Å²) in [6.45, 7) is 6.22. The Morgan fingerprint density at radius 3 is 3.00 bits per heavy atom. The molecule has 0 bridgehead atoms. The predicted molar refractivity (Wildman–Crippen MR) is 101 cm³/mol. The van der Waals surface area contributed by atoms with E-state index >= 15 is 0 Å². The molecule has 0 radical (unpaired) electrons. The van der Waals surface area contributed by atoms with Gasteiger partial charge in [-0.05, 0) is 56.2 Å². The molecule has 1 fully saturated rings. The highest BCUT2D eigenvalue weighted by Gasteiger charge is 2.24. The van der Waals surface area contributed by atoms with Gasteiger partial charge in [0.2, 0.25) is 0 Å². The highest BCUT2D eigenvalue weighted by molar-refractivity contribution is 7.99. The zero-order chi connectivity index (χ0) is 15.8. The maximum Gasteiger partial charge on any atom is 0.191 e. The van der Waals surface area contributed by atoms with Gasteiger partial charge in [-0.2, -0.15) is 11.8 Å². The highest BCUT2D eigenvalue weighted by atomic mass is 32.2. The van der Waals surface area contributed by atoms with E-state index in [0.717, 1.165) is 30.7 Å². The van der Waals surface area contributed by atoms with Gasteiger partial charge in [-0.1, -0.05) is 13.0 Å². The number of thiophene rings is 1. The summed E-state index contributed by atoms with van der Waals surface area (Å²) >= 11 is 3.84.